The molecule has 2 nitrogen and oxygen atoms in total. The fraction of sp³-hybridized carbons (Fsp3) is 1.00. The highest BCUT2D eigenvalue weighted by atomic mass is 32.2. The first-order valence-electron chi connectivity index (χ1n) is 7.72. The number of hydrogen-bond acceptors (Lipinski definition) is 3. The largest absolute Gasteiger partial charge is 0.309 e. The average Bonchev–Trinajstić information content (AvgIpc) is 2.81. The quantitative estimate of drug-likeness (QED) is 0.845. The Labute approximate surface area is 117 Å². The molecule has 0 aromatic heterocycles. The zero-order chi connectivity index (χ0) is 13.2. The standard InChI is InChI=1S/C15H30N2S/c1-5-15(4)11-17(12(3)10-16-15)13-8-7-9-14(13)18-6-2/h12-14,16H,5-11H2,1-4H3. The van der Waals surface area contributed by atoms with Crippen LogP contribution in [0.5, 0.6) is 0 Å². The predicted octanol–water partition coefficient (Wildman–Crippen LogP) is 3.12. The van der Waals surface area contributed by atoms with Crippen LogP contribution in [0.25, 0.3) is 0 Å². The molecule has 0 aromatic carbocycles. The third-order valence-electron chi connectivity index (χ3n) is 4.93. The van der Waals surface area contributed by atoms with Crippen LogP contribution >= 0.6 is 11.8 Å². The van der Waals surface area contributed by atoms with Gasteiger partial charge < -0.3 is 5.32 Å². The summed E-state index contributed by atoms with van der Waals surface area (Å²) < 4.78 is 0. The second-order valence-electron chi connectivity index (χ2n) is 6.31. The second-order valence-corrected chi connectivity index (χ2v) is 7.82. The van der Waals surface area contributed by atoms with Crippen LogP contribution in [0.1, 0.15) is 53.4 Å². The van der Waals surface area contributed by atoms with Crippen LogP contribution in [0.4, 0.5) is 0 Å². The predicted molar refractivity (Wildman–Crippen MR) is 82.4 cm³/mol. The van der Waals surface area contributed by atoms with Crippen molar-refractivity contribution in [2.45, 2.75) is 76.3 Å². The Morgan fingerprint density at radius 3 is 2.78 bits per heavy atom. The lowest BCUT2D eigenvalue weighted by Gasteiger charge is -2.48. The smallest absolute Gasteiger partial charge is 0.0278 e. The number of hydrogen-bond donors (Lipinski definition) is 1. The van der Waals surface area contributed by atoms with Crippen molar-refractivity contribution < 1.29 is 0 Å². The highest BCUT2D eigenvalue weighted by molar-refractivity contribution is 7.99. The molecule has 4 atom stereocenters. The SMILES string of the molecule is CCSC1CCCC1N1CC(C)(CC)NCC1C. The Bertz CT molecular complexity index is 271. The zero-order valence-electron chi connectivity index (χ0n) is 12.5. The molecule has 0 amide bonds. The molecule has 0 bridgehead atoms. The third-order valence-corrected chi connectivity index (χ3v) is 6.24. The summed E-state index contributed by atoms with van der Waals surface area (Å²) in [6, 6.07) is 1.53. The molecule has 1 saturated heterocycles. The van der Waals surface area contributed by atoms with Gasteiger partial charge in [-0.15, -0.1) is 0 Å². The van der Waals surface area contributed by atoms with Crippen LogP contribution in [0.2, 0.25) is 0 Å². The number of piperazine rings is 1. The van der Waals surface area contributed by atoms with Gasteiger partial charge in [-0.25, -0.2) is 0 Å². The molecule has 0 radical (unpaired) electrons. The lowest BCUT2D eigenvalue weighted by Crippen LogP contribution is -2.64. The first kappa shape index (κ1) is 14.7. The Morgan fingerprint density at radius 2 is 2.11 bits per heavy atom. The summed E-state index contributed by atoms with van der Waals surface area (Å²) >= 11 is 2.19. The fourth-order valence-corrected chi connectivity index (χ4v) is 4.78. The van der Waals surface area contributed by atoms with E-state index in [1.165, 1.54) is 38.0 Å². The summed E-state index contributed by atoms with van der Waals surface area (Å²) in [5, 5.41) is 4.63. The van der Waals surface area contributed by atoms with E-state index in [0.717, 1.165) is 17.8 Å². The molecule has 4 unspecified atom stereocenters. The molecule has 18 heavy (non-hydrogen) atoms. The van der Waals surface area contributed by atoms with Gasteiger partial charge in [-0.1, -0.05) is 20.3 Å². The third kappa shape index (κ3) is 3.05. The minimum atomic E-state index is 0.330. The van der Waals surface area contributed by atoms with E-state index in [4.69, 9.17) is 0 Å². The molecule has 0 spiro atoms. The van der Waals surface area contributed by atoms with Gasteiger partial charge in [-0.3, -0.25) is 4.90 Å². The highest BCUT2D eigenvalue weighted by Crippen LogP contribution is 2.36. The molecule has 1 heterocycles. The highest BCUT2D eigenvalue weighted by Gasteiger charge is 2.40. The maximum atomic E-state index is 3.75. The Hall–Kier alpha value is 0.270. The van der Waals surface area contributed by atoms with E-state index in [-0.39, 0.29) is 0 Å². The molecule has 2 aliphatic rings. The number of thioether (sulfide) groups is 1. The Morgan fingerprint density at radius 1 is 1.33 bits per heavy atom. The summed E-state index contributed by atoms with van der Waals surface area (Å²) in [6.45, 7) is 11.8. The second kappa shape index (κ2) is 6.15. The average molecular weight is 270 g/mol. The van der Waals surface area contributed by atoms with E-state index in [1.807, 2.05) is 0 Å². The molecule has 2 fully saturated rings. The van der Waals surface area contributed by atoms with Gasteiger partial charge in [-0.2, -0.15) is 11.8 Å². The lowest BCUT2D eigenvalue weighted by atomic mass is 9.92. The van der Waals surface area contributed by atoms with Crippen molar-refractivity contribution in [3.63, 3.8) is 0 Å². The summed E-state index contributed by atoms with van der Waals surface area (Å²) in [5.74, 6) is 1.27. The van der Waals surface area contributed by atoms with Gasteiger partial charge in [0.15, 0.2) is 0 Å². The summed E-state index contributed by atoms with van der Waals surface area (Å²) in [5.41, 5.74) is 0.330. The first-order chi connectivity index (χ1) is 8.59. The van der Waals surface area contributed by atoms with Crippen LogP contribution in [0.15, 0.2) is 0 Å². The van der Waals surface area contributed by atoms with Gasteiger partial charge in [0, 0.05) is 36.0 Å². The number of nitrogens with zero attached hydrogens (tertiary/aromatic N) is 1. The van der Waals surface area contributed by atoms with Crippen molar-refractivity contribution in [2.75, 3.05) is 18.8 Å². The molecule has 106 valence electrons. The van der Waals surface area contributed by atoms with E-state index >= 15 is 0 Å². The maximum Gasteiger partial charge on any atom is 0.0278 e. The Balaban J connectivity index is 2.05. The van der Waals surface area contributed by atoms with Crippen LogP contribution < -0.4 is 5.32 Å². The summed E-state index contributed by atoms with van der Waals surface area (Å²) in [4.78, 5) is 2.82. The molecule has 1 aliphatic carbocycles. The van der Waals surface area contributed by atoms with Gasteiger partial charge in [0.2, 0.25) is 0 Å². The molecule has 0 aromatic rings. The number of nitrogens with one attached hydrogen (secondary N) is 1. The fourth-order valence-electron chi connectivity index (χ4n) is 3.50. The van der Waals surface area contributed by atoms with E-state index in [9.17, 15) is 0 Å². The molecule has 3 heteroatoms. The van der Waals surface area contributed by atoms with Crippen molar-refractivity contribution in [1.29, 1.82) is 0 Å². The van der Waals surface area contributed by atoms with Gasteiger partial charge in [0.25, 0.3) is 0 Å². The molecule has 1 saturated carbocycles. The minimum Gasteiger partial charge on any atom is -0.309 e. The molecular weight excluding hydrogens is 240 g/mol. The topological polar surface area (TPSA) is 15.3 Å². The van der Waals surface area contributed by atoms with Crippen LogP contribution in [-0.4, -0.2) is 46.6 Å². The van der Waals surface area contributed by atoms with Gasteiger partial charge in [0.1, 0.15) is 0 Å². The van der Waals surface area contributed by atoms with Gasteiger partial charge >= 0.3 is 0 Å². The normalized spacial score (nSPS) is 42.3. The molecular formula is C15H30N2S. The number of rotatable bonds is 4. The molecule has 1 aliphatic heterocycles. The summed E-state index contributed by atoms with van der Waals surface area (Å²) in [7, 11) is 0. The van der Waals surface area contributed by atoms with Crippen LogP contribution in [0.3, 0.4) is 0 Å². The van der Waals surface area contributed by atoms with Crippen LogP contribution in [0, 0.1) is 0 Å². The minimum absolute atomic E-state index is 0.330. The van der Waals surface area contributed by atoms with E-state index < -0.39 is 0 Å². The lowest BCUT2D eigenvalue weighted by molar-refractivity contribution is 0.0576. The molecule has 2 rings (SSSR count). The van der Waals surface area contributed by atoms with Crippen LogP contribution in [-0.2, 0) is 0 Å². The van der Waals surface area contributed by atoms with Crippen molar-refractivity contribution in [1.82, 2.24) is 10.2 Å². The van der Waals surface area contributed by atoms with Crippen molar-refractivity contribution in [3.05, 3.63) is 0 Å². The molecule has 1 N–H and O–H groups in total. The monoisotopic (exact) mass is 270 g/mol. The maximum absolute atomic E-state index is 3.75. The van der Waals surface area contributed by atoms with E-state index in [0.29, 0.717) is 11.6 Å². The first-order valence-corrected chi connectivity index (χ1v) is 8.77. The zero-order valence-corrected chi connectivity index (χ0v) is 13.4. The van der Waals surface area contributed by atoms with Gasteiger partial charge in [0.05, 0.1) is 0 Å². The van der Waals surface area contributed by atoms with E-state index in [2.05, 4.69) is 49.7 Å². The van der Waals surface area contributed by atoms with E-state index in [1.54, 1.807) is 0 Å². The van der Waals surface area contributed by atoms with Crippen molar-refractivity contribution >= 4 is 11.8 Å². The van der Waals surface area contributed by atoms with Crippen molar-refractivity contribution in [3.8, 4) is 0 Å². The summed E-state index contributed by atoms with van der Waals surface area (Å²) in [6.07, 6.45) is 5.51. The Kier molecular flexibility index (Phi) is 5.01. The van der Waals surface area contributed by atoms with Gasteiger partial charge in [-0.05, 0) is 38.9 Å². The van der Waals surface area contributed by atoms with Crippen molar-refractivity contribution in [2.24, 2.45) is 0 Å².